The monoisotopic (exact) mass is 633 g/mol. The Labute approximate surface area is 283 Å². The van der Waals surface area contributed by atoms with Crippen molar-refractivity contribution in [2.75, 3.05) is 9.80 Å². The maximum atomic E-state index is 7.56. The Bertz CT molecular complexity index is 2400. The van der Waals surface area contributed by atoms with E-state index < -0.39 is 8.07 Å². The molecule has 0 unspecified atom stereocenters. The molecule has 230 valence electrons. The maximum Gasteiger partial charge on any atom is 0.187 e. The standard InChI is InChI=1S/C44H35N3Si/c1-45-33-23-25-36(26-24-33)47(41-17-11-12-18-42(41)48(2,3)4)40-30-22-32-19-27-37-39(29-21-31-20-28-38(40)44(32)43(31)37)46(34-13-7-5-8-14-34)35-15-9-6-10-16-35/h5-30H,2-4H3. The van der Waals surface area contributed by atoms with E-state index in [9.17, 15) is 0 Å². The quantitative estimate of drug-likeness (QED) is 0.0982. The van der Waals surface area contributed by atoms with Crippen molar-refractivity contribution >= 4 is 85.4 Å². The highest BCUT2D eigenvalue weighted by atomic mass is 28.3. The summed E-state index contributed by atoms with van der Waals surface area (Å²) in [4.78, 5) is 8.45. The van der Waals surface area contributed by atoms with Crippen molar-refractivity contribution in [3.05, 3.63) is 169 Å². The van der Waals surface area contributed by atoms with E-state index in [0.717, 1.165) is 28.4 Å². The van der Waals surface area contributed by atoms with Gasteiger partial charge in [-0.2, -0.15) is 0 Å². The van der Waals surface area contributed by atoms with Crippen LogP contribution in [-0.2, 0) is 0 Å². The topological polar surface area (TPSA) is 10.8 Å². The second-order valence-corrected chi connectivity index (χ2v) is 18.4. The first-order valence-electron chi connectivity index (χ1n) is 16.4. The van der Waals surface area contributed by atoms with Crippen molar-refractivity contribution in [2.24, 2.45) is 0 Å². The molecule has 0 heterocycles. The first-order valence-corrected chi connectivity index (χ1v) is 19.9. The molecule has 48 heavy (non-hydrogen) atoms. The van der Waals surface area contributed by atoms with Crippen LogP contribution in [0.15, 0.2) is 158 Å². The van der Waals surface area contributed by atoms with Crippen LogP contribution in [0.25, 0.3) is 37.2 Å². The molecule has 8 rings (SSSR count). The van der Waals surface area contributed by atoms with Crippen LogP contribution in [-0.4, -0.2) is 8.07 Å². The van der Waals surface area contributed by atoms with Crippen molar-refractivity contribution in [1.82, 2.24) is 0 Å². The van der Waals surface area contributed by atoms with Gasteiger partial charge in [-0.05, 0) is 81.3 Å². The molecule has 0 spiro atoms. The number of benzene rings is 8. The van der Waals surface area contributed by atoms with Crippen molar-refractivity contribution in [1.29, 1.82) is 0 Å². The predicted molar refractivity (Wildman–Crippen MR) is 209 cm³/mol. The van der Waals surface area contributed by atoms with Crippen molar-refractivity contribution in [3.8, 4) is 0 Å². The van der Waals surface area contributed by atoms with Gasteiger partial charge >= 0.3 is 0 Å². The minimum atomic E-state index is -1.74. The van der Waals surface area contributed by atoms with Gasteiger partial charge in [0.1, 0.15) is 0 Å². The van der Waals surface area contributed by atoms with Gasteiger partial charge in [-0.25, -0.2) is 4.85 Å². The normalized spacial score (nSPS) is 11.6. The van der Waals surface area contributed by atoms with E-state index in [2.05, 4.69) is 180 Å². The number of para-hydroxylation sites is 3. The van der Waals surface area contributed by atoms with Crippen LogP contribution in [0.2, 0.25) is 19.6 Å². The summed E-state index contributed by atoms with van der Waals surface area (Å²) in [5.41, 5.74) is 7.40. The fraction of sp³-hybridized carbons (Fsp3) is 0.0682. The highest BCUT2D eigenvalue weighted by Gasteiger charge is 2.26. The molecule has 3 nitrogen and oxygen atoms in total. The molecule has 8 aromatic rings. The number of rotatable bonds is 7. The lowest BCUT2D eigenvalue weighted by Gasteiger charge is -2.32. The van der Waals surface area contributed by atoms with Gasteiger partial charge in [-0.3, -0.25) is 0 Å². The molecule has 0 aromatic heterocycles. The van der Waals surface area contributed by atoms with Crippen molar-refractivity contribution in [3.63, 3.8) is 0 Å². The van der Waals surface area contributed by atoms with Gasteiger partial charge < -0.3 is 9.80 Å². The predicted octanol–water partition coefficient (Wildman–Crippen LogP) is 12.6. The van der Waals surface area contributed by atoms with E-state index in [1.165, 1.54) is 43.2 Å². The zero-order valence-electron chi connectivity index (χ0n) is 27.4. The Hall–Kier alpha value is -5.89. The van der Waals surface area contributed by atoms with Gasteiger partial charge in [0.05, 0.1) is 26.0 Å². The summed E-state index contributed by atoms with van der Waals surface area (Å²) in [6.45, 7) is 14.8. The van der Waals surface area contributed by atoms with Crippen LogP contribution < -0.4 is 15.0 Å². The smallest absolute Gasteiger partial charge is 0.187 e. The van der Waals surface area contributed by atoms with E-state index in [1.54, 1.807) is 0 Å². The average Bonchev–Trinajstić information content (AvgIpc) is 3.13. The van der Waals surface area contributed by atoms with Gasteiger partial charge in [0, 0.05) is 33.5 Å². The van der Waals surface area contributed by atoms with E-state index in [4.69, 9.17) is 6.57 Å². The zero-order chi connectivity index (χ0) is 32.8. The molecule has 0 aliphatic heterocycles. The molecular weight excluding hydrogens is 599 g/mol. The summed E-state index contributed by atoms with van der Waals surface area (Å²) in [5.74, 6) is 0. The fourth-order valence-electron chi connectivity index (χ4n) is 7.13. The van der Waals surface area contributed by atoms with Crippen LogP contribution in [0.3, 0.4) is 0 Å². The summed E-state index contributed by atoms with van der Waals surface area (Å²) >= 11 is 0. The molecule has 0 bridgehead atoms. The number of nitrogens with zero attached hydrogens (tertiary/aromatic N) is 3. The average molecular weight is 634 g/mol. The largest absolute Gasteiger partial charge is 0.310 e. The first-order chi connectivity index (χ1) is 23.4. The summed E-state index contributed by atoms with van der Waals surface area (Å²) < 4.78 is 0. The summed E-state index contributed by atoms with van der Waals surface area (Å²) in [7, 11) is -1.74. The van der Waals surface area contributed by atoms with Crippen molar-refractivity contribution < 1.29 is 0 Å². The van der Waals surface area contributed by atoms with E-state index in [1.807, 2.05) is 12.1 Å². The highest BCUT2D eigenvalue weighted by molar-refractivity contribution is 6.89. The Morgan fingerprint density at radius 2 is 0.896 bits per heavy atom. The first kappa shape index (κ1) is 29.5. The molecule has 0 aliphatic carbocycles. The van der Waals surface area contributed by atoms with Gasteiger partial charge in [-0.1, -0.05) is 123 Å². The van der Waals surface area contributed by atoms with Gasteiger partial charge in [0.25, 0.3) is 0 Å². The number of hydrogen-bond donors (Lipinski definition) is 0. The van der Waals surface area contributed by atoms with Crippen LogP contribution >= 0.6 is 0 Å². The minimum Gasteiger partial charge on any atom is -0.310 e. The SMILES string of the molecule is [C-]#[N+]c1ccc(N(c2ccccc2[Si](C)(C)C)c2ccc3ccc4c(N(c5ccccc5)c5ccccc5)ccc5ccc2c3c54)cc1. The third kappa shape index (κ3) is 4.97. The third-order valence-electron chi connectivity index (χ3n) is 9.32. The molecule has 0 saturated heterocycles. The highest BCUT2D eigenvalue weighted by Crippen LogP contribution is 2.47. The molecule has 0 amide bonds. The lowest BCUT2D eigenvalue weighted by atomic mass is 9.91. The Kier molecular flexibility index (Phi) is 7.21. The van der Waals surface area contributed by atoms with Crippen molar-refractivity contribution in [2.45, 2.75) is 19.6 Å². The van der Waals surface area contributed by atoms with Crippen LogP contribution in [0, 0.1) is 6.57 Å². The fourth-order valence-corrected chi connectivity index (χ4v) is 8.69. The molecule has 0 radical (unpaired) electrons. The van der Waals surface area contributed by atoms with Crippen LogP contribution in [0.1, 0.15) is 0 Å². The molecular formula is C44H35N3Si. The molecule has 0 aliphatic rings. The lowest BCUT2D eigenvalue weighted by Crippen LogP contribution is -2.40. The molecule has 4 heteroatoms. The molecule has 0 atom stereocenters. The zero-order valence-corrected chi connectivity index (χ0v) is 28.4. The van der Waals surface area contributed by atoms with Gasteiger partial charge in [0.15, 0.2) is 5.69 Å². The second-order valence-electron chi connectivity index (χ2n) is 13.3. The number of anilines is 6. The van der Waals surface area contributed by atoms with Crippen LogP contribution in [0.4, 0.5) is 39.8 Å². The molecule has 0 N–H and O–H groups in total. The third-order valence-corrected chi connectivity index (χ3v) is 11.4. The Balaban J connectivity index is 1.42. The Morgan fingerprint density at radius 3 is 1.42 bits per heavy atom. The maximum absolute atomic E-state index is 7.56. The van der Waals surface area contributed by atoms with E-state index in [-0.39, 0.29) is 0 Å². The summed E-state index contributed by atoms with van der Waals surface area (Å²) in [5, 5.41) is 8.78. The van der Waals surface area contributed by atoms with E-state index in [0.29, 0.717) is 5.69 Å². The molecule has 0 saturated carbocycles. The second kappa shape index (κ2) is 11.7. The number of hydrogen-bond acceptors (Lipinski definition) is 2. The van der Waals surface area contributed by atoms with Gasteiger partial charge in [0.2, 0.25) is 0 Å². The van der Waals surface area contributed by atoms with Crippen LogP contribution in [0.5, 0.6) is 0 Å². The molecule has 8 aromatic carbocycles. The Morgan fingerprint density at radius 1 is 0.438 bits per heavy atom. The molecule has 0 fully saturated rings. The summed E-state index contributed by atoms with van der Waals surface area (Å²) in [6.07, 6.45) is 0. The lowest BCUT2D eigenvalue weighted by molar-refractivity contribution is 1.30. The van der Waals surface area contributed by atoms with E-state index >= 15 is 0 Å². The summed E-state index contributed by atoms with van der Waals surface area (Å²) in [6, 6.07) is 56.3. The van der Waals surface area contributed by atoms with Gasteiger partial charge in [-0.15, -0.1) is 0 Å². The minimum absolute atomic E-state index is 0.640.